The van der Waals surface area contributed by atoms with Gasteiger partial charge in [-0.25, -0.2) is 0 Å². The highest BCUT2D eigenvalue weighted by atomic mass is 16.3. The van der Waals surface area contributed by atoms with Gasteiger partial charge in [0.2, 0.25) is 0 Å². The summed E-state index contributed by atoms with van der Waals surface area (Å²) in [7, 11) is 0. The third kappa shape index (κ3) is 7.10. The highest BCUT2D eigenvalue weighted by Crippen LogP contribution is 2.24. The molecule has 0 saturated carbocycles. The Bertz CT molecular complexity index is 1100. The van der Waals surface area contributed by atoms with Crippen molar-refractivity contribution < 1.29 is 10.2 Å². The van der Waals surface area contributed by atoms with Gasteiger partial charge in [-0.05, 0) is 54.6 Å². The summed E-state index contributed by atoms with van der Waals surface area (Å²) < 4.78 is 0. The lowest BCUT2D eigenvalue weighted by atomic mass is 10.1. The Morgan fingerprint density at radius 1 is 0.559 bits per heavy atom. The lowest BCUT2D eigenvalue weighted by Gasteiger charge is -2.27. The maximum Gasteiger partial charge on any atom is 0.120 e. The fourth-order valence-corrected chi connectivity index (χ4v) is 3.81. The molecule has 0 radical (unpaired) electrons. The lowest BCUT2D eigenvalue weighted by molar-refractivity contribution is 0.178. The van der Waals surface area contributed by atoms with Gasteiger partial charge in [0.25, 0.3) is 0 Å². The third-order valence-corrected chi connectivity index (χ3v) is 5.52. The molecule has 0 aliphatic heterocycles. The van der Waals surface area contributed by atoms with Gasteiger partial charge < -0.3 is 10.2 Å². The van der Waals surface area contributed by atoms with Crippen LogP contribution in [0, 0.1) is 0 Å². The van der Waals surface area contributed by atoms with Crippen molar-refractivity contribution in [2.45, 2.75) is 26.2 Å². The monoisotopic (exact) mass is 455 g/mol. The molecule has 7 heteroatoms. The molecule has 7 nitrogen and oxygen atoms in total. The van der Waals surface area contributed by atoms with E-state index in [2.05, 4.69) is 24.8 Å². The van der Waals surface area contributed by atoms with Gasteiger partial charge in [0, 0.05) is 63.4 Å². The quantitative estimate of drug-likeness (QED) is 0.331. The highest BCUT2D eigenvalue weighted by molar-refractivity contribution is 5.38. The Kier molecular flexibility index (Phi) is 8.16. The zero-order chi connectivity index (χ0) is 23.6. The first-order valence-corrected chi connectivity index (χ1v) is 11.3. The predicted molar refractivity (Wildman–Crippen MR) is 131 cm³/mol. The highest BCUT2D eigenvalue weighted by Gasteiger charge is 2.15. The molecule has 1 aromatic carbocycles. The van der Waals surface area contributed by atoms with Crippen LogP contribution in [0.4, 0.5) is 0 Å². The largest absolute Gasteiger partial charge is 0.508 e. The maximum atomic E-state index is 10.3. The van der Waals surface area contributed by atoms with E-state index in [1.54, 1.807) is 12.3 Å². The maximum absolute atomic E-state index is 10.3. The minimum absolute atomic E-state index is 0.137. The van der Waals surface area contributed by atoms with Gasteiger partial charge in [0.05, 0.1) is 17.1 Å². The molecule has 0 aliphatic rings. The first kappa shape index (κ1) is 23.4. The number of aromatic hydroxyl groups is 2. The minimum Gasteiger partial charge on any atom is -0.508 e. The molecular formula is C27H29N5O2. The van der Waals surface area contributed by atoms with Gasteiger partial charge in [-0.15, -0.1) is 0 Å². The van der Waals surface area contributed by atoms with Crippen LogP contribution in [0.3, 0.4) is 0 Å². The summed E-state index contributed by atoms with van der Waals surface area (Å²) in [5.41, 5.74) is 3.63. The smallest absolute Gasteiger partial charge is 0.120 e. The lowest BCUT2D eigenvalue weighted by Crippen LogP contribution is -2.34. The number of nitrogens with zero attached hydrogens (tertiary/aromatic N) is 5. The molecule has 0 saturated heterocycles. The van der Waals surface area contributed by atoms with E-state index in [4.69, 9.17) is 0 Å². The van der Waals surface area contributed by atoms with Crippen LogP contribution in [-0.2, 0) is 26.2 Å². The summed E-state index contributed by atoms with van der Waals surface area (Å²) in [5.74, 6) is 0.306. The van der Waals surface area contributed by atoms with E-state index in [-0.39, 0.29) is 11.5 Å². The first-order valence-electron chi connectivity index (χ1n) is 11.3. The van der Waals surface area contributed by atoms with E-state index < -0.39 is 0 Å². The van der Waals surface area contributed by atoms with Gasteiger partial charge in [-0.2, -0.15) is 0 Å². The Labute approximate surface area is 200 Å². The fourth-order valence-electron chi connectivity index (χ4n) is 3.81. The van der Waals surface area contributed by atoms with Crippen LogP contribution < -0.4 is 0 Å². The summed E-state index contributed by atoms with van der Waals surface area (Å²) in [6, 6.07) is 22.4. The normalized spacial score (nSPS) is 11.2. The molecule has 2 N–H and O–H groups in total. The second-order valence-electron chi connectivity index (χ2n) is 8.20. The molecule has 3 aromatic heterocycles. The molecule has 0 unspecified atom stereocenters. The van der Waals surface area contributed by atoms with E-state index in [0.29, 0.717) is 31.7 Å². The van der Waals surface area contributed by atoms with E-state index in [0.717, 1.165) is 30.2 Å². The van der Waals surface area contributed by atoms with Crippen LogP contribution in [0.2, 0.25) is 0 Å². The van der Waals surface area contributed by atoms with E-state index in [1.807, 2.05) is 67.0 Å². The molecule has 0 atom stereocenters. The van der Waals surface area contributed by atoms with Crippen LogP contribution >= 0.6 is 0 Å². The Morgan fingerprint density at radius 2 is 1.03 bits per heavy atom. The molecule has 0 spiro atoms. The standard InChI is InChI=1S/C27H29N5O2/c33-26-10-11-27(34)22(17-26)18-31(19-23-7-1-4-12-28-23)15-16-32(20-24-8-2-5-13-29-24)21-25-9-3-6-14-30-25/h1-14,17,33-34H,15-16,18-21H2. The second kappa shape index (κ2) is 11.9. The number of aromatic nitrogens is 3. The van der Waals surface area contributed by atoms with Crippen molar-refractivity contribution in [3.63, 3.8) is 0 Å². The Morgan fingerprint density at radius 3 is 1.47 bits per heavy atom. The van der Waals surface area contributed by atoms with E-state index >= 15 is 0 Å². The van der Waals surface area contributed by atoms with Gasteiger partial charge in [-0.1, -0.05) is 18.2 Å². The molecule has 0 amide bonds. The summed E-state index contributed by atoms with van der Waals surface area (Å²) in [6.45, 7) is 4.00. The molecule has 34 heavy (non-hydrogen) atoms. The topological polar surface area (TPSA) is 85.6 Å². The number of hydrogen-bond acceptors (Lipinski definition) is 7. The number of rotatable bonds is 11. The average Bonchev–Trinajstić information content (AvgIpc) is 2.86. The fraction of sp³-hybridized carbons (Fsp3) is 0.222. The van der Waals surface area contributed by atoms with Crippen LogP contribution in [0.15, 0.2) is 91.4 Å². The molecular weight excluding hydrogens is 426 g/mol. The zero-order valence-electron chi connectivity index (χ0n) is 19.0. The molecule has 0 bridgehead atoms. The number of hydrogen-bond donors (Lipinski definition) is 2. The summed E-state index contributed by atoms with van der Waals surface area (Å²) >= 11 is 0. The van der Waals surface area contributed by atoms with E-state index in [1.165, 1.54) is 12.1 Å². The first-order chi connectivity index (χ1) is 16.7. The van der Waals surface area contributed by atoms with Crippen molar-refractivity contribution in [1.82, 2.24) is 24.8 Å². The van der Waals surface area contributed by atoms with Crippen molar-refractivity contribution in [2.24, 2.45) is 0 Å². The second-order valence-corrected chi connectivity index (χ2v) is 8.20. The SMILES string of the molecule is Oc1ccc(O)c(CN(CCN(Cc2ccccn2)Cc2ccccn2)Cc2ccccn2)c1. The van der Waals surface area contributed by atoms with Crippen molar-refractivity contribution in [3.8, 4) is 11.5 Å². The Balaban J connectivity index is 1.51. The van der Waals surface area contributed by atoms with Crippen LogP contribution in [-0.4, -0.2) is 48.1 Å². The van der Waals surface area contributed by atoms with Crippen LogP contribution in [0.5, 0.6) is 11.5 Å². The van der Waals surface area contributed by atoms with E-state index in [9.17, 15) is 10.2 Å². The summed E-state index contributed by atoms with van der Waals surface area (Å²) in [4.78, 5) is 18.0. The number of phenols is 2. The van der Waals surface area contributed by atoms with Crippen molar-refractivity contribution in [2.75, 3.05) is 13.1 Å². The molecule has 4 aromatic rings. The van der Waals surface area contributed by atoms with Crippen molar-refractivity contribution in [3.05, 3.63) is 114 Å². The molecule has 3 heterocycles. The van der Waals surface area contributed by atoms with Gasteiger partial charge in [0.15, 0.2) is 0 Å². The minimum atomic E-state index is 0.137. The van der Waals surface area contributed by atoms with Gasteiger partial charge in [-0.3, -0.25) is 24.8 Å². The molecule has 0 aliphatic carbocycles. The summed E-state index contributed by atoms with van der Waals surface area (Å²) in [6.07, 6.45) is 5.41. The summed E-state index contributed by atoms with van der Waals surface area (Å²) in [5, 5.41) is 20.3. The average molecular weight is 456 g/mol. The number of benzene rings is 1. The number of pyridine rings is 3. The van der Waals surface area contributed by atoms with Gasteiger partial charge >= 0.3 is 0 Å². The van der Waals surface area contributed by atoms with Crippen LogP contribution in [0.1, 0.15) is 22.6 Å². The third-order valence-electron chi connectivity index (χ3n) is 5.52. The predicted octanol–water partition coefficient (Wildman–Crippen LogP) is 3.99. The molecule has 0 fully saturated rings. The number of phenolic OH excluding ortho intramolecular Hbond substituents is 2. The van der Waals surface area contributed by atoms with Crippen molar-refractivity contribution >= 4 is 0 Å². The van der Waals surface area contributed by atoms with Crippen LogP contribution in [0.25, 0.3) is 0 Å². The zero-order valence-corrected chi connectivity index (χ0v) is 19.0. The Hall–Kier alpha value is -3.81. The van der Waals surface area contributed by atoms with Gasteiger partial charge in [0.1, 0.15) is 11.5 Å². The van der Waals surface area contributed by atoms with Crippen molar-refractivity contribution in [1.29, 1.82) is 0 Å². The molecule has 174 valence electrons. The molecule has 4 rings (SSSR count).